The molecule has 2 atom stereocenters. The molecule has 43 heavy (non-hydrogen) atoms. The topological polar surface area (TPSA) is 119 Å². The molecule has 12 heteroatoms. The number of carbonyl (C=O) groups excluding carboxylic acids is 2. The first-order chi connectivity index (χ1) is 21.0. The minimum Gasteiger partial charge on any atom is -0.458 e. The number of amides is 2. The average molecular weight is 604 g/mol. The molecule has 2 amide bonds. The van der Waals surface area contributed by atoms with E-state index in [9.17, 15) is 9.59 Å². The van der Waals surface area contributed by atoms with Crippen molar-refractivity contribution in [1.29, 1.82) is 0 Å². The largest absolute Gasteiger partial charge is 0.458 e. The number of benzene rings is 1. The summed E-state index contributed by atoms with van der Waals surface area (Å²) in [7, 11) is 0. The number of hydrogen-bond donors (Lipinski definition) is 1. The van der Waals surface area contributed by atoms with E-state index in [0.717, 1.165) is 56.0 Å². The van der Waals surface area contributed by atoms with E-state index in [-0.39, 0.29) is 30.5 Å². The summed E-state index contributed by atoms with van der Waals surface area (Å²) in [6.45, 7) is 5.34. The molecule has 2 aliphatic heterocycles. The van der Waals surface area contributed by atoms with E-state index in [2.05, 4.69) is 49.9 Å². The summed E-state index contributed by atoms with van der Waals surface area (Å²) < 4.78 is 11.4. The molecule has 2 aliphatic rings. The van der Waals surface area contributed by atoms with Crippen molar-refractivity contribution in [3.63, 3.8) is 0 Å². The van der Waals surface area contributed by atoms with Crippen LogP contribution in [-0.2, 0) is 27.4 Å². The Morgan fingerprint density at radius 1 is 1.09 bits per heavy atom. The third kappa shape index (κ3) is 7.20. The first-order valence-electron chi connectivity index (χ1n) is 14.9. The van der Waals surface area contributed by atoms with E-state index in [1.54, 1.807) is 11.0 Å². The predicted molar refractivity (Wildman–Crippen MR) is 161 cm³/mol. The first kappa shape index (κ1) is 29.2. The van der Waals surface area contributed by atoms with Crippen molar-refractivity contribution in [3.8, 4) is 11.6 Å². The van der Waals surface area contributed by atoms with Gasteiger partial charge in [0, 0.05) is 43.7 Å². The Bertz CT molecular complexity index is 1470. The van der Waals surface area contributed by atoms with Crippen LogP contribution in [0.1, 0.15) is 47.9 Å². The van der Waals surface area contributed by atoms with Gasteiger partial charge in [-0.2, -0.15) is 4.80 Å². The molecule has 0 bridgehead atoms. The fourth-order valence-electron chi connectivity index (χ4n) is 5.88. The highest BCUT2D eigenvalue weighted by Crippen LogP contribution is 2.32. The molecule has 0 saturated carbocycles. The third-order valence-corrected chi connectivity index (χ3v) is 8.97. The molecule has 226 valence electrons. The lowest BCUT2D eigenvalue weighted by molar-refractivity contribution is -0.145. The quantitative estimate of drug-likeness (QED) is 0.275. The van der Waals surface area contributed by atoms with Gasteiger partial charge in [-0.25, -0.2) is 0 Å². The summed E-state index contributed by atoms with van der Waals surface area (Å²) in [6, 6.07) is 17.0. The molecule has 6 rings (SSSR count). The van der Waals surface area contributed by atoms with Crippen LogP contribution in [-0.4, -0.2) is 80.2 Å². The molecular formula is C31H37N7O4S. The number of nitrogens with one attached hydrogen (secondary N) is 1. The van der Waals surface area contributed by atoms with Crippen LogP contribution < -0.4 is 5.32 Å². The van der Waals surface area contributed by atoms with Gasteiger partial charge in [-0.3, -0.25) is 14.5 Å². The van der Waals surface area contributed by atoms with E-state index in [1.165, 1.54) is 21.7 Å². The first-order valence-corrected chi connectivity index (χ1v) is 15.8. The molecule has 11 nitrogen and oxygen atoms in total. The lowest BCUT2D eigenvalue weighted by atomic mass is 9.99. The number of thiophene rings is 1. The van der Waals surface area contributed by atoms with Crippen LogP contribution in [0.5, 0.6) is 0 Å². The third-order valence-electron chi connectivity index (χ3n) is 8.04. The Labute approximate surface area is 254 Å². The number of likely N-dealkylation sites (tertiary alicyclic amines) is 1. The van der Waals surface area contributed by atoms with Crippen LogP contribution in [0.25, 0.3) is 11.6 Å². The summed E-state index contributed by atoms with van der Waals surface area (Å²) in [4.78, 5) is 34.4. The van der Waals surface area contributed by atoms with E-state index in [1.807, 2.05) is 36.6 Å². The minimum atomic E-state index is -0.768. The predicted octanol–water partition coefficient (Wildman–Crippen LogP) is 3.83. The monoisotopic (exact) mass is 603 g/mol. The van der Waals surface area contributed by atoms with E-state index < -0.39 is 6.04 Å². The molecule has 0 aliphatic carbocycles. The number of carbonyl (C=O) groups is 2. The smallest absolute Gasteiger partial charge is 0.248 e. The minimum absolute atomic E-state index is 0.00122. The molecular weight excluding hydrogens is 566 g/mol. The number of piperidine rings is 1. The van der Waals surface area contributed by atoms with E-state index >= 15 is 0 Å². The van der Waals surface area contributed by atoms with Crippen LogP contribution >= 0.6 is 11.3 Å². The van der Waals surface area contributed by atoms with Crippen molar-refractivity contribution in [2.75, 3.05) is 26.2 Å². The highest BCUT2D eigenvalue weighted by Gasteiger charge is 2.39. The van der Waals surface area contributed by atoms with Crippen LogP contribution in [0.4, 0.5) is 0 Å². The van der Waals surface area contributed by atoms with Gasteiger partial charge in [0.25, 0.3) is 0 Å². The second-order valence-corrected chi connectivity index (χ2v) is 12.1. The van der Waals surface area contributed by atoms with Crippen molar-refractivity contribution in [2.45, 2.75) is 63.9 Å². The molecule has 2 saturated heterocycles. The van der Waals surface area contributed by atoms with E-state index in [4.69, 9.17) is 9.15 Å². The maximum absolute atomic E-state index is 14.2. The van der Waals surface area contributed by atoms with Crippen LogP contribution in [0, 0.1) is 6.92 Å². The molecule has 4 aromatic rings. The van der Waals surface area contributed by atoms with Crippen molar-refractivity contribution in [1.82, 2.24) is 35.3 Å². The number of tetrazole rings is 1. The number of aromatic nitrogens is 4. The lowest BCUT2D eigenvalue weighted by Gasteiger charge is -2.41. The summed E-state index contributed by atoms with van der Waals surface area (Å²) in [6.07, 6.45) is 3.41. The number of hydrogen-bond acceptors (Lipinski definition) is 9. The Morgan fingerprint density at radius 2 is 1.93 bits per heavy atom. The lowest BCUT2D eigenvalue weighted by Crippen LogP contribution is -2.53. The number of rotatable bonds is 11. The summed E-state index contributed by atoms with van der Waals surface area (Å²) in [5.74, 6) is 1.11. The zero-order valence-electron chi connectivity index (χ0n) is 24.3. The summed E-state index contributed by atoms with van der Waals surface area (Å²) in [5, 5.41) is 17.7. The highest BCUT2D eigenvalue weighted by molar-refractivity contribution is 7.10. The number of nitrogens with zero attached hydrogens (tertiary/aromatic N) is 6. The zero-order chi connectivity index (χ0) is 29.6. The fourth-order valence-corrected chi connectivity index (χ4v) is 6.70. The maximum Gasteiger partial charge on any atom is 0.248 e. The highest BCUT2D eigenvalue weighted by atomic mass is 32.1. The SMILES string of the molecule is Cc1ccc(-c2nnn(CC(=O)N(C3CCN(Cc4ccccc4)CC3)[C@@H](C(=O)NC[C@H]3CCCO3)c3cccs3)n2)o1. The van der Waals surface area contributed by atoms with Gasteiger partial charge in [0.2, 0.25) is 17.6 Å². The molecule has 1 N–H and O–H groups in total. The van der Waals surface area contributed by atoms with Gasteiger partial charge in [-0.15, -0.1) is 21.5 Å². The van der Waals surface area contributed by atoms with Crippen molar-refractivity contribution in [3.05, 3.63) is 76.2 Å². The summed E-state index contributed by atoms with van der Waals surface area (Å²) in [5.41, 5.74) is 1.26. The molecule has 0 unspecified atom stereocenters. The molecule has 1 aromatic carbocycles. The molecule has 2 fully saturated rings. The van der Waals surface area contributed by atoms with Crippen LogP contribution in [0.3, 0.4) is 0 Å². The Balaban J connectivity index is 1.23. The Kier molecular flexibility index (Phi) is 9.25. The fraction of sp³-hybridized carbons (Fsp3) is 0.452. The van der Waals surface area contributed by atoms with Gasteiger partial charge >= 0.3 is 0 Å². The van der Waals surface area contributed by atoms with Gasteiger partial charge in [0.1, 0.15) is 18.3 Å². The van der Waals surface area contributed by atoms with E-state index in [0.29, 0.717) is 24.7 Å². The van der Waals surface area contributed by atoms with Gasteiger partial charge in [0.15, 0.2) is 5.76 Å². The Morgan fingerprint density at radius 3 is 2.63 bits per heavy atom. The van der Waals surface area contributed by atoms with Crippen molar-refractivity contribution < 1.29 is 18.7 Å². The molecule has 5 heterocycles. The maximum atomic E-state index is 14.2. The molecule has 0 spiro atoms. The number of furan rings is 1. The Hall–Kier alpha value is -3.87. The average Bonchev–Trinajstić information content (AvgIpc) is 3.84. The van der Waals surface area contributed by atoms with Gasteiger partial charge in [-0.1, -0.05) is 36.4 Å². The van der Waals surface area contributed by atoms with Crippen LogP contribution in [0.15, 0.2) is 64.4 Å². The normalized spacial score (nSPS) is 18.5. The van der Waals surface area contributed by atoms with Crippen molar-refractivity contribution >= 4 is 23.2 Å². The summed E-state index contributed by atoms with van der Waals surface area (Å²) >= 11 is 1.48. The zero-order valence-corrected chi connectivity index (χ0v) is 25.1. The standard InChI is InChI=1S/C31H37N7O4S/c1-22-11-12-26(42-22)30-33-35-37(34-30)21-28(39)38(24-13-15-36(16-14-24)20-23-7-3-2-4-8-23)29(27-10-6-18-43-27)31(40)32-19-25-9-5-17-41-25/h2-4,6-8,10-12,18,24-25,29H,5,9,13-17,19-21H2,1H3,(H,32,40)/t25-,29-/m1/s1. The number of aryl methyl sites for hydroxylation is 1. The second kappa shape index (κ2) is 13.6. The van der Waals surface area contributed by atoms with Crippen LogP contribution in [0.2, 0.25) is 0 Å². The molecule has 0 radical (unpaired) electrons. The van der Waals surface area contributed by atoms with Gasteiger partial charge < -0.3 is 19.4 Å². The second-order valence-electron chi connectivity index (χ2n) is 11.1. The van der Waals surface area contributed by atoms with Crippen molar-refractivity contribution in [2.24, 2.45) is 0 Å². The van der Waals surface area contributed by atoms with Gasteiger partial charge in [-0.05, 0) is 67.0 Å². The number of ether oxygens (including phenoxy) is 1. The van der Waals surface area contributed by atoms with Gasteiger partial charge in [0.05, 0.1) is 6.10 Å². The molecule has 3 aromatic heterocycles.